The predicted molar refractivity (Wildman–Crippen MR) is 86.7 cm³/mol. The van der Waals surface area contributed by atoms with E-state index in [1.807, 2.05) is 0 Å². The van der Waals surface area contributed by atoms with Gasteiger partial charge >= 0.3 is 5.97 Å². The van der Waals surface area contributed by atoms with E-state index in [1.54, 1.807) is 6.07 Å². The van der Waals surface area contributed by atoms with Crippen molar-refractivity contribution in [3.8, 4) is 11.5 Å². The number of hydrogen-bond acceptors (Lipinski definition) is 8. The van der Waals surface area contributed by atoms with E-state index in [2.05, 4.69) is 0 Å². The number of benzene rings is 1. The summed E-state index contributed by atoms with van der Waals surface area (Å²) in [5.41, 5.74) is 0.284. The summed E-state index contributed by atoms with van der Waals surface area (Å²) >= 11 is 0. The van der Waals surface area contributed by atoms with Crippen molar-refractivity contribution in [2.75, 3.05) is 19.8 Å². The topological polar surface area (TPSA) is 135 Å². The molecule has 10 heteroatoms. The molecule has 0 radical (unpaired) electrons. The minimum atomic E-state index is -4.07. The second kappa shape index (κ2) is 7.18. The van der Waals surface area contributed by atoms with Crippen LogP contribution in [0.3, 0.4) is 0 Å². The van der Waals surface area contributed by atoms with E-state index in [0.29, 0.717) is 24.7 Å². The summed E-state index contributed by atoms with van der Waals surface area (Å²) < 4.78 is 42.9. The Kier molecular flexibility index (Phi) is 4.96. The van der Waals surface area contributed by atoms with Gasteiger partial charge in [0, 0.05) is 12.0 Å². The number of rotatable bonds is 5. The first-order chi connectivity index (χ1) is 12.3. The second-order valence-corrected chi connectivity index (χ2v) is 6.87. The van der Waals surface area contributed by atoms with Crippen LogP contribution >= 0.6 is 0 Å². The number of furan rings is 1. The largest absolute Gasteiger partial charge is 0.490 e. The van der Waals surface area contributed by atoms with Gasteiger partial charge in [0.2, 0.25) is 10.9 Å². The fourth-order valence-corrected chi connectivity index (χ4v) is 2.67. The van der Waals surface area contributed by atoms with Gasteiger partial charge in [-0.3, -0.25) is 4.79 Å². The molecule has 0 atom stereocenters. The molecule has 0 aliphatic carbocycles. The Balaban J connectivity index is 1.64. The Morgan fingerprint density at radius 3 is 2.50 bits per heavy atom. The van der Waals surface area contributed by atoms with Gasteiger partial charge in [0.15, 0.2) is 23.9 Å². The highest BCUT2D eigenvalue weighted by Crippen LogP contribution is 2.30. The summed E-state index contributed by atoms with van der Waals surface area (Å²) in [6.07, 6.45) is 0.735. The zero-order chi connectivity index (χ0) is 18.7. The SMILES string of the molecule is NS(=O)(=O)c1ccc(C(=O)OCC(=O)c2ccc3c(c2)OCCCO3)o1. The van der Waals surface area contributed by atoms with Crippen LogP contribution in [-0.2, 0) is 14.8 Å². The molecule has 2 aromatic rings. The molecule has 1 aromatic carbocycles. The maximum absolute atomic E-state index is 12.2. The standard InChI is InChI=1S/C16H15NO8S/c17-26(20,21)15-5-4-13(25-15)16(19)24-9-11(18)10-2-3-12-14(8-10)23-7-1-6-22-12/h2-5,8H,1,6-7,9H2,(H2,17,20,21). The molecule has 3 rings (SSSR count). The molecule has 0 fully saturated rings. The average Bonchev–Trinajstić information content (AvgIpc) is 2.99. The van der Waals surface area contributed by atoms with Crippen LogP contribution < -0.4 is 14.6 Å². The van der Waals surface area contributed by atoms with Crippen LogP contribution in [-0.4, -0.2) is 40.0 Å². The Labute approximate surface area is 148 Å². The Bertz CT molecular complexity index is 947. The van der Waals surface area contributed by atoms with Crippen LogP contribution in [0, 0.1) is 0 Å². The van der Waals surface area contributed by atoms with Crippen molar-refractivity contribution in [3.05, 3.63) is 41.7 Å². The number of primary sulfonamides is 1. The first kappa shape index (κ1) is 18.0. The summed E-state index contributed by atoms with van der Waals surface area (Å²) in [6, 6.07) is 6.79. The third-order valence-electron chi connectivity index (χ3n) is 3.47. The molecule has 9 nitrogen and oxygen atoms in total. The molecule has 138 valence electrons. The Morgan fingerprint density at radius 1 is 1.08 bits per heavy atom. The van der Waals surface area contributed by atoms with Crippen LogP contribution in [0.15, 0.2) is 39.8 Å². The highest BCUT2D eigenvalue weighted by molar-refractivity contribution is 7.89. The molecule has 0 amide bonds. The molecule has 0 spiro atoms. The molecule has 2 heterocycles. The highest BCUT2D eigenvalue weighted by atomic mass is 32.2. The summed E-state index contributed by atoms with van der Waals surface area (Å²) in [4.78, 5) is 24.0. The van der Waals surface area contributed by atoms with Crippen LogP contribution in [0.5, 0.6) is 11.5 Å². The first-order valence-corrected chi connectivity index (χ1v) is 9.12. The minimum absolute atomic E-state index is 0.284. The average molecular weight is 381 g/mol. The number of fused-ring (bicyclic) bond motifs is 1. The molecule has 1 aliphatic rings. The number of Topliss-reactive ketones (excluding diaryl/α,β-unsaturated/α-hetero) is 1. The third-order valence-corrected chi connectivity index (χ3v) is 4.25. The smallest absolute Gasteiger partial charge is 0.374 e. The van der Waals surface area contributed by atoms with E-state index in [4.69, 9.17) is 23.8 Å². The monoisotopic (exact) mass is 381 g/mol. The number of ether oxygens (including phenoxy) is 3. The molecule has 2 N–H and O–H groups in total. The van der Waals surface area contributed by atoms with E-state index in [1.165, 1.54) is 12.1 Å². The van der Waals surface area contributed by atoms with Gasteiger partial charge in [-0.2, -0.15) is 0 Å². The van der Waals surface area contributed by atoms with Crippen LogP contribution in [0.4, 0.5) is 0 Å². The van der Waals surface area contributed by atoms with Gasteiger partial charge < -0.3 is 18.6 Å². The number of esters is 1. The van der Waals surface area contributed by atoms with Gasteiger partial charge in [0.25, 0.3) is 10.0 Å². The van der Waals surface area contributed by atoms with Gasteiger partial charge in [0.05, 0.1) is 13.2 Å². The Hall–Kier alpha value is -2.85. The van der Waals surface area contributed by atoms with Crippen molar-refractivity contribution in [1.82, 2.24) is 0 Å². The highest BCUT2D eigenvalue weighted by Gasteiger charge is 2.20. The van der Waals surface area contributed by atoms with Crippen molar-refractivity contribution in [2.24, 2.45) is 5.14 Å². The lowest BCUT2D eigenvalue weighted by Gasteiger charge is -2.09. The summed E-state index contributed by atoms with van der Waals surface area (Å²) in [6.45, 7) is 0.454. The van der Waals surface area contributed by atoms with Crippen LogP contribution in [0.25, 0.3) is 0 Å². The molecular formula is C16H15NO8S. The molecule has 1 aliphatic heterocycles. The fourth-order valence-electron chi connectivity index (χ4n) is 2.21. The zero-order valence-corrected chi connectivity index (χ0v) is 14.3. The van der Waals surface area contributed by atoms with Gasteiger partial charge in [-0.25, -0.2) is 18.4 Å². The lowest BCUT2D eigenvalue weighted by atomic mass is 10.1. The lowest BCUT2D eigenvalue weighted by molar-refractivity contribution is 0.0438. The van der Waals surface area contributed by atoms with E-state index >= 15 is 0 Å². The maximum atomic E-state index is 12.2. The van der Waals surface area contributed by atoms with Gasteiger partial charge in [-0.15, -0.1) is 0 Å². The number of carbonyl (C=O) groups excluding carboxylic acids is 2. The molecule has 26 heavy (non-hydrogen) atoms. The molecule has 0 unspecified atom stereocenters. The summed E-state index contributed by atoms with van der Waals surface area (Å²) in [5.74, 6) is -0.832. The van der Waals surface area contributed by atoms with E-state index in [-0.39, 0.29) is 11.3 Å². The van der Waals surface area contributed by atoms with Crippen LogP contribution in [0.2, 0.25) is 0 Å². The molecule has 1 aromatic heterocycles. The lowest BCUT2D eigenvalue weighted by Crippen LogP contribution is -2.14. The summed E-state index contributed by atoms with van der Waals surface area (Å²) in [7, 11) is -4.07. The first-order valence-electron chi connectivity index (χ1n) is 7.57. The fraction of sp³-hybridized carbons (Fsp3) is 0.250. The number of ketones is 1. The van der Waals surface area contributed by atoms with Crippen molar-refractivity contribution >= 4 is 21.8 Å². The predicted octanol–water partition coefficient (Wildman–Crippen LogP) is 1.13. The van der Waals surface area contributed by atoms with E-state index in [9.17, 15) is 18.0 Å². The maximum Gasteiger partial charge on any atom is 0.374 e. The number of nitrogens with two attached hydrogens (primary N) is 1. The van der Waals surface area contributed by atoms with E-state index < -0.39 is 33.5 Å². The van der Waals surface area contributed by atoms with Crippen molar-refractivity contribution in [3.63, 3.8) is 0 Å². The van der Waals surface area contributed by atoms with Gasteiger partial charge in [-0.05, 0) is 30.3 Å². The number of carbonyl (C=O) groups is 2. The molecule has 0 saturated carbocycles. The zero-order valence-electron chi connectivity index (χ0n) is 13.5. The second-order valence-electron chi connectivity index (χ2n) is 5.37. The van der Waals surface area contributed by atoms with Gasteiger partial charge in [0.1, 0.15) is 0 Å². The van der Waals surface area contributed by atoms with Gasteiger partial charge in [-0.1, -0.05) is 0 Å². The normalized spacial score (nSPS) is 13.7. The molecule has 0 saturated heterocycles. The summed E-state index contributed by atoms with van der Waals surface area (Å²) in [5, 5.41) is 4.31. The minimum Gasteiger partial charge on any atom is -0.490 e. The quantitative estimate of drug-likeness (QED) is 0.601. The molecule has 0 bridgehead atoms. The molecular weight excluding hydrogens is 366 g/mol. The Morgan fingerprint density at radius 2 is 1.81 bits per heavy atom. The van der Waals surface area contributed by atoms with E-state index in [0.717, 1.165) is 18.6 Å². The number of hydrogen-bond donors (Lipinski definition) is 1. The van der Waals surface area contributed by atoms with Crippen molar-refractivity contribution < 1.29 is 36.6 Å². The van der Waals surface area contributed by atoms with Crippen molar-refractivity contribution in [2.45, 2.75) is 11.5 Å². The third kappa shape index (κ3) is 4.03. The van der Waals surface area contributed by atoms with Crippen molar-refractivity contribution in [1.29, 1.82) is 0 Å². The number of sulfonamides is 1. The van der Waals surface area contributed by atoms with Crippen LogP contribution in [0.1, 0.15) is 27.3 Å².